The molecule has 4 heteroatoms. The van der Waals surface area contributed by atoms with Crippen LogP contribution in [0.25, 0.3) is 32.3 Å². The molecule has 0 aromatic heterocycles. The van der Waals surface area contributed by atoms with Crippen LogP contribution in [-0.4, -0.2) is 12.8 Å². The average molecular weight is 283 g/mol. The third kappa shape index (κ3) is 1.64. The molecular formula is C18H10BNO2. The van der Waals surface area contributed by atoms with Gasteiger partial charge in [0, 0.05) is 5.39 Å². The van der Waals surface area contributed by atoms with Gasteiger partial charge in [0.1, 0.15) is 7.85 Å². The number of nitro benzene ring substituents is 1. The summed E-state index contributed by atoms with van der Waals surface area (Å²) in [5, 5.41) is 16.7. The minimum absolute atomic E-state index is 0.0144. The third-order valence-electron chi connectivity index (χ3n) is 4.11. The van der Waals surface area contributed by atoms with Crippen molar-refractivity contribution in [2.75, 3.05) is 0 Å². The van der Waals surface area contributed by atoms with E-state index in [2.05, 4.69) is 0 Å². The molecule has 4 rings (SSSR count). The standard InChI is InChI=1S/C18H10BNO2/c19-17-14-8-4-3-7-13(14)16-12-6-2-1-5-11(12)9-10-15(16)18(17)20(21)22/h1-10H. The van der Waals surface area contributed by atoms with Crippen LogP contribution in [0.5, 0.6) is 0 Å². The molecule has 0 spiro atoms. The molecule has 0 saturated heterocycles. The van der Waals surface area contributed by atoms with E-state index in [9.17, 15) is 10.1 Å². The Morgan fingerprint density at radius 2 is 1.41 bits per heavy atom. The molecule has 0 aliphatic carbocycles. The van der Waals surface area contributed by atoms with Crippen molar-refractivity contribution in [1.29, 1.82) is 0 Å². The van der Waals surface area contributed by atoms with Crippen molar-refractivity contribution >= 4 is 51.3 Å². The lowest BCUT2D eigenvalue weighted by molar-refractivity contribution is -0.381. The molecule has 22 heavy (non-hydrogen) atoms. The zero-order valence-electron chi connectivity index (χ0n) is 11.6. The molecule has 0 amide bonds. The number of hydrogen-bond donors (Lipinski definition) is 0. The SMILES string of the molecule is [B]c1c([N+](=O)[O-])c2ccc3ccccc3c2c2ccccc12. The fraction of sp³-hybridized carbons (Fsp3) is 0. The molecule has 0 bridgehead atoms. The molecular weight excluding hydrogens is 273 g/mol. The van der Waals surface area contributed by atoms with Gasteiger partial charge in [0.25, 0.3) is 5.69 Å². The Morgan fingerprint density at radius 1 is 0.773 bits per heavy atom. The van der Waals surface area contributed by atoms with E-state index < -0.39 is 4.92 Å². The van der Waals surface area contributed by atoms with Gasteiger partial charge >= 0.3 is 0 Å². The number of fused-ring (bicyclic) bond motifs is 5. The van der Waals surface area contributed by atoms with E-state index in [4.69, 9.17) is 7.85 Å². The first kappa shape index (κ1) is 12.8. The minimum atomic E-state index is -0.390. The first-order chi connectivity index (χ1) is 10.7. The molecule has 0 fully saturated rings. The lowest BCUT2D eigenvalue weighted by Gasteiger charge is -2.11. The molecule has 0 heterocycles. The first-order valence-electron chi connectivity index (χ1n) is 6.94. The van der Waals surface area contributed by atoms with Crippen LogP contribution in [0.3, 0.4) is 0 Å². The number of hydrogen-bond acceptors (Lipinski definition) is 2. The van der Waals surface area contributed by atoms with E-state index in [0.717, 1.165) is 26.9 Å². The fourth-order valence-corrected chi connectivity index (χ4v) is 3.16. The Bertz CT molecular complexity index is 1070. The normalized spacial score (nSPS) is 11.3. The molecule has 4 aromatic rings. The van der Waals surface area contributed by atoms with Crippen molar-refractivity contribution in [3.05, 3.63) is 70.8 Å². The van der Waals surface area contributed by atoms with E-state index >= 15 is 0 Å². The molecule has 0 N–H and O–H groups in total. The van der Waals surface area contributed by atoms with Crippen LogP contribution in [0, 0.1) is 10.1 Å². The highest BCUT2D eigenvalue weighted by Crippen LogP contribution is 2.36. The molecule has 102 valence electrons. The summed E-state index contributed by atoms with van der Waals surface area (Å²) in [6, 6.07) is 19.2. The maximum atomic E-state index is 11.5. The summed E-state index contributed by atoms with van der Waals surface area (Å²) < 4.78 is 0. The highest BCUT2D eigenvalue weighted by atomic mass is 16.6. The van der Waals surface area contributed by atoms with Gasteiger partial charge in [-0.15, -0.1) is 0 Å². The summed E-state index contributed by atoms with van der Waals surface area (Å²) >= 11 is 0. The zero-order chi connectivity index (χ0) is 15.3. The van der Waals surface area contributed by atoms with Gasteiger partial charge < -0.3 is 0 Å². The van der Waals surface area contributed by atoms with Crippen LogP contribution in [0.1, 0.15) is 0 Å². The summed E-state index contributed by atoms with van der Waals surface area (Å²) in [5.74, 6) is 0. The Hall–Kier alpha value is -2.88. The monoisotopic (exact) mass is 283 g/mol. The van der Waals surface area contributed by atoms with Crippen LogP contribution in [0.4, 0.5) is 5.69 Å². The molecule has 3 nitrogen and oxygen atoms in total. The quantitative estimate of drug-likeness (QED) is 0.230. The summed E-state index contributed by atoms with van der Waals surface area (Å²) in [4.78, 5) is 11.2. The van der Waals surface area contributed by atoms with Gasteiger partial charge in [0.05, 0.1) is 10.3 Å². The van der Waals surface area contributed by atoms with Crippen LogP contribution in [0.2, 0.25) is 0 Å². The molecule has 0 unspecified atom stereocenters. The van der Waals surface area contributed by atoms with E-state index in [1.54, 1.807) is 6.07 Å². The zero-order valence-corrected chi connectivity index (χ0v) is 11.6. The Balaban J connectivity index is 2.41. The largest absolute Gasteiger partial charge is 0.270 e. The number of nitrogens with zero attached hydrogens (tertiary/aromatic N) is 1. The molecule has 2 radical (unpaired) electrons. The smallest absolute Gasteiger partial charge is 0.258 e. The highest BCUT2D eigenvalue weighted by Gasteiger charge is 2.20. The summed E-state index contributed by atoms with van der Waals surface area (Å²) in [6.07, 6.45) is 0. The van der Waals surface area contributed by atoms with E-state index in [1.807, 2.05) is 54.6 Å². The molecule has 0 aliphatic heterocycles. The maximum Gasteiger partial charge on any atom is 0.270 e. The van der Waals surface area contributed by atoms with Gasteiger partial charge in [0.15, 0.2) is 0 Å². The fourth-order valence-electron chi connectivity index (χ4n) is 3.16. The second-order valence-electron chi connectivity index (χ2n) is 5.27. The van der Waals surface area contributed by atoms with Crippen molar-refractivity contribution in [3.8, 4) is 0 Å². The summed E-state index contributed by atoms with van der Waals surface area (Å²) in [5.41, 5.74) is 0.211. The lowest BCUT2D eigenvalue weighted by Crippen LogP contribution is -2.12. The van der Waals surface area contributed by atoms with Crippen LogP contribution in [0.15, 0.2) is 60.7 Å². The van der Waals surface area contributed by atoms with Crippen molar-refractivity contribution in [3.63, 3.8) is 0 Å². The van der Waals surface area contributed by atoms with Gasteiger partial charge in [-0.3, -0.25) is 10.1 Å². The second kappa shape index (κ2) is 4.56. The number of benzene rings is 4. The predicted octanol–water partition coefficient (Wildman–Crippen LogP) is 3.85. The van der Waals surface area contributed by atoms with Gasteiger partial charge in [0.2, 0.25) is 0 Å². The minimum Gasteiger partial charge on any atom is -0.258 e. The van der Waals surface area contributed by atoms with E-state index in [0.29, 0.717) is 5.39 Å². The molecule has 0 saturated carbocycles. The number of rotatable bonds is 1. The maximum absolute atomic E-state index is 11.5. The van der Waals surface area contributed by atoms with Crippen molar-refractivity contribution in [2.45, 2.75) is 0 Å². The highest BCUT2D eigenvalue weighted by molar-refractivity contribution is 6.45. The van der Waals surface area contributed by atoms with Gasteiger partial charge in [-0.25, -0.2) is 0 Å². The second-order valence-corrected chi connectivity index (χ2v) is 5.27. The van der Waals surface area contributed by atoms with Crippen molar-refractivity contribution < 1.29 is 4.92 Å². The van der Waals surface area contributed by atoms with E-state index in [-0.39, 0.29) is 11.2 Å². The van der Waals surface area contributed by atoms with Gasteiger partial charge in [-0.2, -0.15) is 0 Å². The summed E-state index contributed by atoms with van der Waals surface area (Å²) in [6.45, 7) is 0. The van der Waals surface area contributed by atoms with Crippen molar-refractivity contribution in [1.82, 2.24) is 0 Å². The first-order valence-corrected chi connectivity index (χ1v) is 6.94. The molecule has 0 atom stereocenters. The van der Waals surface area contributed by atoms with Crippen molar-refractivity contribution in [2.24, 2.45) is 0 Å². The lowest BCUT2D eigenvalue weighted by atomic mass is 9.83. The van der Waals surface area contributed by atoms with Crippen LogP contribution >= 0.6 is 0 Å². The molecule has 4 aromatic carbocycles. The summed E-state index contributed by atoms with van der Waals surface area (Å²) in [7, 11) is 6.09. The van der Waals surface area contributed by atoms with Crippen LogP contribution < -0.4 is 5.46 Å². The van der Waals surface area contributed by atoms with E-state index in [1.165, 1.54) is 0 Å². The average Bonchev–Trinajstić information content (AvgIpc) is 2.54. The van der Waals surface area contributed by atoms with Crippen LogP contribution in [-0.2, 0) is 0 Å². The molecule has 0 aliphatic rings. The Kier molecular flexibility index (Phi) is 2.66. The predicted molar refractivity (Wildman–Crippen MR) is 91.0 cm³/mol. The third-order valence-corrected chi connectivity index (χ3v) is 4.11. The van der Waals surface area contributed by atoms with Gasteiger partial charge in [-0.1, -0.05) is 54.6 Å². The Labute approximate surface area is 127 Å². The topological polar surface area (TPSA) is 43.1 Å². The number of nitro groups is 1. The Morgan fingerprint density at radius 3 is 2.14 bits per heavy atom. The van der Waals surface area contributed by atoms with Gasteiger partial charge in [-0.05, 0) is 33.1 Å².